The Balaban J connectivity index is 2.03. The zero-order chi connectivity index (χ0) is 6.32. The van der Waals surface area contributed by atoms with Gasteiger partial charge in [0.15, 0.2) is 0 Å². The molecule has 9 heavy (non-hydrogen) atoms. The lowest BCUT2D eigenvalue weighted by Crippen LogP contribution is -2.62. The van der Waals surface area contributed by atoms with E-state index in [0.717, 1.165) is 25.9 Å². The fourth-order valence-corrected chi connectivity index (χ4v) is 1.59. The second kappa shape index (κ2) is 1.48. The molecule has 0 bridgehead atoms. The van der Waals surface area contributed by atoms with Crippen LogP contribution in [0.4, 0.5) is 0 Å². The van der Waals surface area contributed by atoms with Gasteiger partial charge in [-0.25, -0.2) is 0 Å². The highest BCUT2D eigenvalue weighted by Gasteiger charge is 2.44. The standard InChI is InChI=1S/C6H10N2O/c9-5-3-6(8-5)1-2-7-4-6/h7H,1-4H2,(H,8,9)/t6-/m1/s1. The van der Waals surface area contributed by atoms with E-state index in [-0.39, 0.29) is 11.4 Å². The Bertz CT molecular complexity index is 139. The van der Waals surface area contributed by atoms with E-state index < -0.39 is 0 Å². The predicted molar refractivity (Wildman–Crippen MR) is 33.0 cm³/mol. The molecule has 2 fully saturated rings. The van der Waals surface area contributed by atoms with Crippen LogP contribution in [-0.2, 0) is 4.79 Å². The van der Waals surface area contributed by atoms with E-state index >= 15 is 0 Å². The summed E-state index contributed by atoms with van der Waals surface area (Å²) in [6.45, 7) is 2.03. The Labute approximate surface area is 53.8 Å². The number of nitrogens with one attached hydrogen (secondary N) is 2. The predicted octanol–water partition coefficient (Wildman–Crippen LogP) is -0.762. The minimum Gasteiger partial charge on any atom is -0.349 e. The molecular weight excluding hydrogens is 116 g/mol. The lowest BCUT2D eigenvalue weighted by molar-refractivity contribution is -0.131. The Kier molecular flexibility index (Phi) is 0.858. The van der Waals surface area contributed by atoms with Gasteiger partial charge in [-0.15, -0.1) is 0 Å². The van der Waals surface area contributed by atoms with Gasteiger partial charge in [-0.3, -0.25) is 4.79 Å². The molecule has 2 N–H and O–H groups in total. The number of hydrogen-bond donors (Lipinski definition) is 2. The molecule has 2 rings (SSSR count). The maximum atomic E-state index is 10.5. The van der Waals surface area contributed by atoms with Gasteiger partial charge in [0.25, 0.3) is 0 Å². The number of amides is 1. The van der Waals surface area contributed by atoms with Gasteiger partial charge in [0.05, 0.1) is 12.0 Å². The summed E-state index contributed by atoms with van der Waals surface area (Å²) in [5, 5.41) is 6.14. The molecule has 2 aliphatic heterocycles. The van der Waals surface area contributed by atoms with Crippen molar-refractivity contribution in [2.24, 2.45) is 0 Å². The number of rotatable bonds is 0. The minimum absolute atomic E-state index is 0.178. The quantitative estimate of drug-likeness (QED) is 0.419. The molecule has 0 aliphatic carbocycles. The van der Waals surface area contributed by atoms with Crippen molar-refractivity contribution in [1.82, 2.24) is 10.6 Å². The molecule has 2 aliphatic rings. The summed E-state index contributed by atoms with van der Waals surface area (Å²) < 4.78 is 0. The van der Waals surface area contributed by atoms with Crippen molar-refractivity contribution in [2.75, 3.05) is 13.1 Å². The van der Waals surface area contributed by atoms with E-state index in [1.165, 1.54) is 0 Å². The van der Waals surface area contributed by atoms with Gasteiger partial charge in [0.1, 0.15) is 0 Å². The summed E-state index contributed by atoms with van der Waals surface area (Å²) in [5.74, 6) is 0.207. The maximum Gasteiger partial charge on any atom is 0.222 e. The monoisotopic (exact) mass is 126 g/mol. The van der Waals surface area contributed by atoms with Crippen LogP contribution in [0, 0.1) is 0 Å². The molecular formula is C6H10N2O. The van der Waals surface area contributed by atoms with Crippen molar-refractivity contribution in [3.63, 3.8) is 0 Å². The Morgan fingerprint density at radius 3 is 2.78 bits per heavy atom. The SMILES string of the molecule is O=C1C[C@@]2(CCNC2)N1. The molecule has 0 saturated carbocycles. The topological polar surface area (TPSA) is 41.1 Å². The zero-order valence-electron chi connectivity index (χ0n) is 5.24. The van der Waals surface area contributed by atoms with Gasteiger partial charge in [-0.05, 0) is 13.0 Å². The molecule has 2 saturated heterocycles. The van der Waals surface area contributed by atoms with Gasteiger partial charge >= 0.3 is 0 Å². The van der Waals surface area contributed by atoms with Gasteiger partial charge in [0, 0.05) is 6.54 Å². The summed E-state index contributed by atoms with van der Waals surface area (Å²) >= 11 is 0. The van der Waals surface area contributed by atoms with Crippen LogP contribution in [0.5, 0.6) is 0 Å². The molecule has 3 heteroatoms. The Morgan fingerprint density at radius 2 is 2.33 bits per heavy atom. The zero-order valence-corrected chi connectivity index (χ0v) is 5.24. The molecule has 50 valence electrons. The molecule has 1 spiro atoms. The van der Waals surface area contributed by atoms with Gasteiger partial charge in [0.2, 0.25) is 5.91 Å². The second-order valence-corrected chi connectivity index (χ2v) is 2.93. The first-order chi connectivity index (χ1) is 4.31. The van der Waals surface area contributed by atoms with Crippen LogP contribution in [0.3, 0.4) is 0 Å². The summed E-state index contributed by atoms with van der Waals surface area (Å²) in [4.78, 5) is 10.5. The average molecular weight is 126 g/mol. The van der Waals surface area contributed by atoms with Crippen LogP contribution in [0.2, 0.25) is 0 Å². The summed E-state index contributed by atoms with van der Waals surface area (Å²) in [5.41, 5.74) is 0.178. The van der Waals surface area contributed by atoms with E-state index in [1.54, 1.807) is 0 Å². The van der Waals surface area contributed by atoms with Gasteiger partial charge < -0.3 is 10.6 Å². The molecule has 1 amide bonds. The fourth-order valence-electron chi connectivity index (χ4n) is 1.59. The largest absolute Gasteiger partial charge is 0.349 e. The number of carbonyl (C=O) groups excluding carboxylic acids is 1. The molecule has 0 aromatic carbocycles. The minimum atomic E-state index is 0.178. The summed E-state index contributed by atoms with van der Waals surface area (Å²) in [6, 6.07) is 0. The Hall–Kier alpha value is -0.570. The number of carbonyl (C=O) groups is 1. The van der Waals surface area contributed by atoms with Crippen LogP contribution in [0.25, 0.3) is 0 Å². The van der Waals surface area contributed by atoms with Crippen molar-refractivity contribution in [2.45, 2.75) is 18.4 Å². The smallest absolute Gasteiger partial charge is 0.222 e. The van der Waals surface area contributed by atoms with Crippen LogP contribution in [-0.4, -0.2) is 24.5 Å². The molecule has 2 heterocycles. The van der Waals surface area contributed by atoms with Crippen molar-refractivity contribution in [1.29, 1.82) is 0 Å². The first-order valence-corrected chi connectivity index (χ1v) is 3.33. The fraction of sp³-hybridized carbons (Fsp3) is 0.833. The number of hydrogen-bond acceptors (Lipinski definition) is 2. The molecule has 0 unspecified atom stereocenters. The molecule has 3 nitrogen and oxygen atoms in total. The first kappa shape index (κ1) is 5.23. The third-order valence-electron chi connectivity index (χ3n) is 2.15. The maximum absolute atomic E-state index is 10.5. The van der Waals surface area contributed by atoms with E-state index in [2.05, 4.69) is 10.6 Å². The molecule has 0 radical (unpaired) electrons. The lowest BCUT2D eigenvalue weighted by atomic mass is 9.87. The van der Waals surface area contributed by atoms with Crippen LogP contribution in [0.1, 0.15) is 12.8 Å². The molecule has 1 atom stereocenters. The van der Waals surface area contributed by atoms with Crippen molar-refractivity contribution in [3.05, 3.63) is 0 Å². The molecule has 0 aromatic rings. The third kappa shape index (κ3) is 0.645. The van der Waals surface area contributed by atoms with Crippen molar-refractivity contribution < 1.29 is 4.79 Å². The van der Waals surface area contributed by atoms with E-state index in [1.807, 2.05) is 0 Å². The van der Waals surface area contributed by atoms with E-state index in [0.29, 0.717) is 0 Å². The van der Waals surface area contributed by atoms with E-state index in [4.69, 9.17) is 0 Å². The lowest BCUT2D eigenvalue weighted by Gasteiger charge is -2.37. The third-order valence-corrected chi connectivity index (χ3v) is 2.15. The van der Waals surface area contributed by atoms with Crippen LogP contribution in [0.15, 0.2) is 0 Å². The first-order valence-electron chi connectivity index (χ1n) is 3.33. The average Bonchev–Trinajstić information content (AvgIpc) is 2.12. The highest BCUT2D eigenvalue weighted by Crippen LogP contribution is 2.25. The van der Waals surface area contributed by atoms with Gasteiger partial charge in [-0.1, -0.05) is 0 Å². The highest BCUT2D eigenvalue weighted by molar-refractivity contribution is 5.85. The molecule has 0 aromatic heterocycles. The summed E-state index contributed by atoms with van der Waals surface area (Å²) in [7, 11) is 0. The van der Waals surface area contributed by atoms with Crippen LogP contribution >= 0.6 is 0 Å². The van der Waals surface area contributed by atoms with Crippen molar-refractivity contribution >= 4 is 5.91 Å². The number of β-lactam (4-membered cyclic amide) rings is 1. The van der Waals surface area contributed by atoms with Crippen molar-refractivity contribution in [3.8, 4) is 0 Å². The normalized spacial score (nSPS) is 40.7. The second-order valence-electron chi connectivity index (χ2n) is 2.93. The summed E-state index contributed by atoms with van der Waals surface area (Å²) in [6.07, 6.45) is 1.85. The van der Waals surface area contributed by atoms with Crippen LogP contribution < -0.4 is 10.6 Å². The van der Waals surface area contributed by atoms with Gasteiger partial charge in [-0.2, -0.15) is 0 Å². The van der Waals surface area contributed by atoms with E-state index in [9.17, 15) is 4.79 Å². The highest BCUT2D eigenvalue weighted by atomic mass is 16.2. The Morgan fingerprint density at radius 1 is 1.56 bits per heavy atom.